The Hall–Kier alpha value is -0.960. The quantitative estimate of drug-likeness (QED) is 0.245. The van der Waals surface area contributed by atoms with Crippen LogP contribution in [0.15, 0.2) is 10.6 Å². The molecule has 0 aromatic carbocycles. The predicted molar refractivity (Wildman–Crippen MR) is 122 cm³/mol. The molecule has 0 radical (unpaired) electrons. The number of aliphatic hydroxyl groups is 2. The van der Waals surface area contributed by atoms with Crippen LogP contribution in [0.4, 0.5) is 0 Å². The minimum absolute atomic E-state index is 0. The molecule has 0 unspecified atom stereocenters. The number of carboxylic acid groups (broad SMARTS) is 1. The van der Waals surface area contributed by atoms with Crippen LogP contribution in [-0.2, 0) is 9.59 Å². The number of fused-ring (bicyclic) bond motifs is 1. The fraction of sp³-hybridized carbons (Fsp3) is 0.789. The number of hydrogen-bond acceptors (Lipinski definition) is 7. The summed E-state index contributed by atoms with van der Waals surface area (Å²) in [5.41, 5.74) is 0.0772. The number of carbonyl (C=O) groups is 2. The summed E-state index contributed by atoms with van der Waals surface area (Å²) >= 11 is 1.52. The Balaban J connectivity index is 0.00000240. The van der Waals surface area contributed by atoms with E-state index in [0.29, 0.717) is 6.54 Å². The number of hydrogen-bond donors (Lipinski definition) is 5. The molecule has 3 fully saturated rings. The van der Waals surface area contributed by atoms with E-state index in [4.69, 9.17) is 0 Å². The van der Waals surface area contributed by atoms with E-state index in [1.54, 1.807) is 6.92 Å². The van der Waals surface area contributed by atoms with Crippen LogP contribution < -0.4 is 10.6 Å². The van der Waals surface area contributed by atoms with Gasteiger partial charge in [-0.1, -0.05) is 6.92 Å². The first-order valence-electron chi connectivity index (χ1n) is 10.1. The van der Waals surface area contributed by atoms with Gasteiger partial charge >= 0.3 is 5.97 Å². The number of halogens is 1. The molecule has 32 heavy (non-hydrogen) atoms. The SMILES string of the molecule is C[C@@H]1C(S[C@@H]2CN[C@H]([C@H](O)[C@@H]3CCNC3)C2)=C(C(=O)O)N2C(=O)[C@H]([C@@H](C)O)[C@H]12.Cl.O.O.O. The fourth-order valence-corrected chi connectivity index (χ4v) is 6.73. The molecule has 3 saturated heterocycles. The lowest BCUT2D eigenvalue weighted by atomic mass is 9.79. The highest BCUT2D eigenvalue weighted by molar-refractivity contribution is 8.03. The molecule has 0 aromatic rings. The number of β-lactam (4-membered cyclic amide) rings is 1. The molecule has 0 bridgehead atoms. The van der Waals surface area contributed by atoms with Crippen molar-refractivity contribution in [3.05, 3.63) is 10.6 Å². The van der Waals surface area contributed by atoms with Crippen LogP contribution in [-0.4, -0.2) is 97.7 Å². The second-order valence-electron chi connectivity index (χ2n) is 8.51. The highest BCUT2D eigenvalue weighted by Crippen LogP contribution is 2.51. The maximum atomic E-state index is 12.4. The molecular weight excluding hydrogens is 466 g/mol. The Morgan fingerprint density at radius 2 is 1.88 bits per heavy atom. The lowest BCUT2D eigenvalue weighted by Gasteiger charge is -2.46. The second-order valence-corrected chi connectivity index (χ2v) is 9.85. The summed E-state index contributed by atoms with van der Waals surface area (Å²) in [6.45, 7) is 6.00. The number of thioether (sulfide) groups is 1. The third-order valence-electron chi connectivity index (χ3n) is 6.72. The van der Waals surface area contributed by atoms with Crippen molar-refractivity contribution in [3.63, 3.8) is 0 Å². The van der Waals surface area contributed by atoms with Gasteiger partial charge in [0.05, 0.1) is 24.2 Å². The van der Waals surface area contributed by atoms with Crippen molar-refractivity contribution in [2.24, 2.45) is 17.8 Å². The maximum Gasteiger partial charge on any atom is 0.353 e. The summed E-state index contributed by atoms with van der Waals surface area (Å²) in [7, 11) is 0. The molecule has 11 N–H and O–H groups in total. The number of carboxylic acids is 1. The van der Waals surface area contributed by atoms with Gasteiger partial charge in [0.15, 0.2) is 0 Å². The van der Waals surface area contributed by atoms with E-state index in [-0.39, 0.29) is 69.6 Å². The van der Waals surface area contributed by atoms with Gasteiger partial charge in [0.25, 0.3) is 0 Å². The Labute approximate surface area is 197 Å². The topological polar surface area (TPSA) is 217 Å². The molecule has 4 aliphatic rings. The first-order valence-corrected chi connectivity index (χ1v) is 11.0. The molecule has 0 aliphatic carbocycles. The molecule has 4 heterocycles. The Bertz CT molecular complexity index is 706. The lowest BCUT2D eigenvalue weighted by Crippen LogP contribution is -2.63. The molecule has 11 nitrogen and oxygen atoms in total. The van der Waals surface area contributed by atoms with Gasteiger partial charge in [-0.2, -0.15) is 0 Å². The second kappa shape index (κ2) is 12.0. The lowest BCUT2D eigenvalue weighted by molar-refractivity contribution is -0.163. The van der Waals surface area contributed by atoms with Crippen molar-refractivity contribution in [1.82, 2.24) is 15.5 Å². The Morgan fingerprint density at radius 3 is 2.41 bits per heavy atom. The van der Waals surface area contributed by atoms with Crippen LogP contribution in [0, 0.1) is 17.8 Å². The third-order valence-corrected chi connectivity index (χ3v) is 8.23. The molecule has 4 aliphatic heterocycles. The summed E-state index contributed by atoms with van der Waals surface area (Å²) in [6.07, 6.45) is 0.547. The largest absolute Gasteiger partial charge is 0.477 e. The zero-order valence-corrected chi connectivity index (χ0v) is 19.7. The molecule has 0 aromatic heterocycles. The minimum Gasteiger partial charge on any atom is -0.477 e. The van der Waals surface area contributed by atoms with Crippen molar-refractivity contribution >= 4 is 36.0 Å². The van der Waals surface area contributed by atoms with Crippen molar-refractivity contribution < 1.29 is 41.3 Å². The monoisotopic (exact) mass is 501 g/mol. The number of amides is 1. The van der Waals surface area contributed by atoms with E-state index >= 15 is 0 Å². The van der Waals surface area contributed by atoms with Gasteiger partial charge in [0, 0.05) is 41.1 Å². The van der Waals surface area contributed by atoms with E-state index in [0.717, 1.165) is 30.8 Å². The minimum atomic E-state index is -1.09. The molecule has 188 valence electrons. The van der Waals surface area contributed by atoms with E-state index in [9.17, 15) is 24.9 Å². The molecular formula is C19H36ClN3O8S. The highest BCUT2D eigenvalue weighted by Gasteiger charge is 2.60. The van der Waals surface area contributed by atoms with Gasteiger partial charge < -0.3 is 47.3 Å². The average Bonchev–Trinajstić information content (AvgIpc) is 3.35. The van der Waals surface area contributed by atoms with Gasteiger partial charge in [0.1, 0.15) is 5.70 Å². The number of nitrogens with zero attached hydrogens (tertiary/aromatic N) is 1. The summed E-state index contributed by atoms with van der Waals surface area (Å²) in [6, 6.07) is -0.265. The highest BCUT2D eigenvalue weighted by atomic mass is 35.5. The number of rotatable bonds is 6. The van der Waals surface area contributed by atoms with Crippen molar-refractivity contribution in [2.45, 2.75) is 56.2 Å². The van der Waals surface area contributed by atoms with E-state index in [1.807, 2.05) is 6.92 Å². The summed E-state index contributed by atoms with van der Waals surface area (Å²) in [5.74, 6) is -1.78. The number of carbonyl (C=O) groups excluding carboxylic acids is 1. The molecule has 13 heteroatoms. The van der Waals surface area contributed by atoms with E-state index in [1.165, 1.54) is 16.7 Å². The first kappa shape index (κ1) is 31.0. The van der Waals surface area contributed by atoms with Crippen LogP contribution >= 0.6 is 24.2 Å². The van der Waals surface area contributed by atoms with Crippen molar-refractivity contribution in [1.29, 1.82) is 0 Å². The molecule has 1 amide bonds. The van der Waals surface area contributed by atoms with Crippen LogP contribution in [0.25, 0.3) is 0 Å². The number of nitrogens with one attached hydrogen (secondary N) is 2. The maximum absolute atomic E-state index is 12.4. The standard InChI is InChI=1S/C19H29N3O5S.ClH.3H2O/c1-8-14-13(9(2)23)18(25)22(14)15(19(26)27)17(8)28-11-5-12(21-7-11)16(24)10-3-4-20-6-10;;;;/h8-14,16,20-21,23-24H,3-7H2,1-2H3,(H,26,27);1H;3*1H2/t8-,9+,10+,11-,12-,13+,14-,16+;;;;/m0..../s1. The summed E-state index contributed by atoms with van der Waals surface area (Å²) in [5, 5.41) is 37.2. The number of aliphatic hydroxyl groups excluding tert-OH is 2. The predicted octanol–water partition coefficient (Wildman–Crippen LogP) is -2.48. The molecule has 0 saturated carbocycles. The van der Waals surface area contributed by atoms with E-state index < -0.39 is 24.1 Å². The van der Waals surface area contributed by atoms with Gasteiger partial charge in [-0.15, -0.1) is 24.2 Å². The van der Waals surface area contributed by atoms with Crippen LogP contribution in [0.3, 0.4) is 0 Å². The molecule has 8 atom stereocenters. The summed E-state index contributed by atoms with van der Waals surface area (Å²) in [4.78, 5) is 26.4. The van der Waals surface area contributed by atoms with Gasteiger partial charge in [-0.25, -0.2) is 4.79 Å². The Kier molecular flexibility index (Phi) is 11.6. The van der Waals surface area contributed by atoms with Crippen LogP contribution in [0.1, 0.15) is 26.7 Å². The van der Waals surface area contributed by atoms with Gasteiger partial charge in [-0.3, -0.25) is 4.79 Å². The average molecular weight is 502 g/mol. The van der Waals surface area contributed by atoms with Crippen LogP contribution in [0.5, 0.6) is 0 Å². The molecule has 4 rings (SSSR count). The summed E-state index contributed by atoms with van der Waals surface area (Å²) < 4.78 is 0. The zero-order chi connectivity index (χ0) is 20.2. The smallest absolute Gasteiger partial charge is 0.353 e. The van der Waals surface area contributed by atoms with Gasteiger partial charge in [0.2, 0.25) is 5.91 Å². The first-order chi connectivity index (χ1) is 13.3. The number of aliphatic carboxylic acids is 1. The fourth-order valence-electron chi connectivity index (χ4n) is 5.24. The molecule has 0 spiro atoms. The van der Waals surface area contributed by atoms with E-state index in [2.05, 4.69) is 10.6 Å². The third kappa shape index (κ3) is 5.08. The van der Waals surface area contributed by atoms with Gasteiger partial charge in [-0.05, 0) is 26.3 Å². The Morgan fingerprint density at radius 1 is 1.22 bits per heavy atom. The van der Waals surface area contributed by atoms with Crippen LogP contribution in [0.2, 0.25) is 0 Å². The van der Waals surface area contributed by atoms with Crippen molar-refractivity contribution in [2.75, 3.05) is 19.6 Å². The zero-order valence-electron chi connectivity index (χ0n) is 18.1. The van der Waals surface area contributed by atoms with Crippen molar-refractivity contribution in [3.8, 4) is 0 Å². The normalized spacial score (nSPS) is 34.9.